The summed E-state index contributed by atoms with van der Waals surface area (Å²) in [7, 11) is 0. The summed E-state index contributed by atoms with van der Waals surface area (Å²) in [4.78, 5) is 0. The van der Waals surface area contributed by atoms with Gasteiger partial charge >= 0.3 is 35.5 Å². The van der Waals surface area contributed by atoms with E-state index in [9.17, 15) is 61.5 Å². The maximum Gasteiger partial charge on any atom is 0.384 e. The Morgan fingerprint density at radius 2 is 0.545 bits per heavy atom. The molecule has 2 atom stereocenters. The minimum atomic E-state index is -7.82. The quantitative estimate of drug-likeness (QED) is 0.556. The smallest absolute Gasteiger partial charge is 0.237 e. The third-order valence-corrected chi connectivity index (χ3v) is 2.97. The molecule has 0 bridgehead atoms. The molecular weight excluding hydrogens is 362 g/mol. The minimum Gasteiger partial charge on any atom is -0.237 e. The second-order valence-electron chi connectivity index (χ2n) is 4.35. The zero-order valence-corrected chi connectivity index (χ0v) is 9.45. The van der Waals surface area contributed by atoms with E-state index in [1.807, 2.05) is 0 Å². The van der Waals surface area contributed by atoms with E-state index in [4.69, 9.17) is 0 Å². The van der Waals surface area contributed by atoms with Gasteiger partial charge in [-0.2, -0.15) is 52.7 Å². The average Bonchev–Trinajstić information content (AvgIpc) is 2.34. The highest BCUT2D eigenvalue weighted by atomic mass is 19.4. The summed E-state index contributed by atoms with van der Waals surface area (Å²) in [5.74, 6) is -45.1. The number of hydrogen-bond donors (Lipinski definition) is 0. The number of halogens is 14. The predicted molar refractivity (Wildman–Crippen MR) is 39.5 cm³/mol. The largest absolute Gasteiger partial charge is 0.384 e. The summed E-state index contributed by atoms with van der Waals surface area (Å²) < 4.78 is 178. The van der Waals surface area contributed by atoms with Crippen molar-refractivity contribution in [3.8, 4) is 0 Å². The van der Waals surface area contributed by atoms with Crippen molar-refractivity contribution in [1.82, 2.24) is 0 Å². The molecule has 14 heteroatoms. The fourth-order valence-electron chi connectivity index (χ4n) is 1.53. The summed E-state index contributed by atoms with van der Waals surface area (Å²) in [5.41, 5.74) is 0. The molecule has 22 heavy (non-hydrogen) atoms. The zero-order valence-electron chi connectivity index (χ0n) is 9.45. The summed E-state index contributed by atoms with van der Waals surface area (Å²) in [6.45, 7) is 0. The first-order valence-electron chi connectivity index (χ1n) is 4.86. The molecule has 0 amide bonds. The molecule has 0 nitrogen and oxygen atoms in total. The van der Waals surface area contributed by atoms with E-state index in [1.54, 1.807) is 0 Å². The van der Waals surface area contributed by atoms with Gasteiger partial charge in [-0.3, -0.25) is 0 Å². The molecule has 1 aliphatic rings. The molecule has 132 valence electrons. The van der Waals surface area contributed by atoms with Gasteiger partial charge < -0.3 is 0 Å². The van der Waals surface area contributed by atoms with Gasteiger partial charge in [-0.15, -0.1) is 0 Å². The first-order chi connectivity index (χ1) is 9.32. The lowest BCUT2D eigenvalue weighted by Gasteiger charge is -2.46. The van der Waals surface area contributed by atoms with Crippen LogP contribution in [-0.2, 0) is 0 Å². The van der Waals surface area contributed by atoms with Gasteiger partial charge in [0.25, 0.3) is 0 Å². The maximum atomic E-state index is 12.8. The molecule has 1 fully saturated rings. The Balaban J connectivity index is 3.83. The second-order valence-corrected chi connectivity index (χ2v) is 4.35. The van der Waals surface area contributed by atoms with E-state index in [1.165, 1.54) is 0 Å². The lowest BCUT2D eigenvalue weighted by atomic mass is 9.82. The normalized spacial score (nSPS) is 37.9. The Kier molecular flexibility index (Phi) is 3.73. The Morgan fingerprint density at radius 3 is 0.727 bits per heavy atom. The molecule has 0 saturated heterocycles. The molecule has 1 saturated carbocycles. The van der Waals surface area contributed by atoms with Crippen LogP contribution >= 0.6 is 0 Å². The van der Waals surface area contributed by atoms with Gasteiger partial charge in [-0.1, -0.05) is 0 Å². The van der Waals surface area contributed by atoms with Gasteiger partial charge in [0, 0.05) is 0 Å². The van der Waals surface area contributed by atoms with Crippen LogP contribution in [0.15, 0.2) is 0 Å². The van der Waals surface area contributed by atoms with Crippen LogP contribution < -0.4 is 0 Å². The third-order valence-electron chi connectivity index (χ3n) is 2.97. The Labute approximate surface area is 111 Å². The molecule has 1 rings (SSSR count). The molecule has 0 aromatic carbocycles. The van der Waals surface area contributed by atoms with Gasteiger partial charge in [0.1, 0.15) is 0 Å². The molecule has 0 aromatic rings. The molecule has 0 radical (unpaired) electrons. The number of alkyl halides is 14. The van der Waals surface area contributed by atoms with Gasteiger partial charge in [0.05, 0.1) is 0 Å². The summed E-state index contributed by atoms with van der Waals surface area (Å²) in [6.07, 6.45) is -11.2. The molecule has 0 aliphatic heterocycles. The molecule has 0 heterocycles. The molecule has 0 spiro atoms. The van der Waals surface area contributed by atoms with Crippen molar-refractivity contribution in [2.24, 2.45) is 0 Å². The lowest BCUT2D eigenvalue weighted by molar-refractivity contribution is -0.452. The van der Waals surface area contributed by atoms with Gasteiger partial charge in [-0.25, -0.2) is 8.78 Å². The first-order valence-corrected chi connectivity index (χ1v) is 4.86. The van der Waals surface area contributed by atoms with Crippen LogP contribution in [0.5, 0.6) is 0 Å². The Hall–Kier alpha value is -0.980. The van der Waals surface area contributed by atoms with Crippen molar-refractivity contribution in [3.63, 3.8) is 0 Å². The van der Waals surface area contributed by atoms with Crippen LogP contribution in [0.2, 0.25) is 0 Å². The minimum absolute atomic E-state index is 5.61. The zero-order chi connectivity index (χ0) is 18.2. The van der Waals surface area contributed by atoms with Crippen molar-refractivity contribution in [3.05, 3.63) is 0 Å². The van der Waals surface area contributed by atoms with Crippen molar-refractivity contribution >= 4 is 0 Å². The molecule has 0 aromatic heterocycles. The summed E-state index contributed by atoms with van der Waals surface area (Å²) in [6, 6.07) is 0. The average molecular weight is 364 g/mol. The van der Waals surface area contributed by atoms with Crippen molar-refractivity contribution in [2.45, 2.75) is 47.9 Å². The lowest BCUT2D eigenvalue weighted by Crippen LogP contribution is -2.77. The Bertz CT molecular complexity index is 408. The van der Waals surface area contributed by atoms with Crippen LogP contribution in [-0.4, -0.2) is 47.9 Å². The van der Waals surface area contributed by atoms with Crippen LogP contribution in [0.1, 0.15) is 0 Å². The second kappa shape index (κ2) is 4.30. The highest BCUT2D eigenvalue weighted by Crippen LogP contribution is 2.64. The van der Waals surface area contributed by atoms with Crippen LogP contribution in [0.4, 0.5) is 61.5 Å². The van der Waals surface area contributed by atoms with Crippen LogP contribution in [0, 0.1) is 0 Å². The first kappa shape index (κ1) is 19.1. The monoisotopic (exact) mass is 364 g/mol. The molecule has 1 aliphatic carbocycles. The maximum absolute atomic E-state index is 12.8. The van der Waals surface area contributed by atoms with Crippen LogP contribution in [0.25, 0.3) is 0 Å². The Morgan fingerprint density at radius 1 is 0.364 bits per heavy atom. The topological polar surface area (TPSA) is 0 Å². The van der Waals surface area contributed by atoms with Gasteiger partial charge in [0.2, 0.25) is 12.3 Å². The molecular formula is C8H2F14. The predicted octanol–water partition coefficient (Wildman–Crippen LogP) is 4.49. The van der Waals surface area contributed by atoms with E-state index >= 15 is 0 Å². The number of hydrogen-bond acceptors (Lipinski definition) is 0. The van der Waals surface area contributed by atoms with E-state index in [0.717, 1.165) is 0 Å². The van der Waals surface area contributed by atoms with E-state index < -0.39 is 47.9 Å². The van der Waals surface area contributed by atoms with Crippen molar-refractivity contribution in [1.29, 1.82) is 0 Å². The van der Waals surface area contributed by atoms with E-state index in [0.29, 0.717) is 0 Å². The van der Waals surface area contributed by atoms with E-state index in [2.05, 4.69) is 0 Å². The highest BCUT2D eigenvalue weighted by Gasteiger charge is 2.94. The number of rotatable bonds is 0. The van der Waals surface area contributed by atoms with Crippen molar-refractivity contribution in [2.75, 3.05) is 0 Å². The fourth-order valence-corrected chi connectivity index (χ4v) is 1.53. The standard InChI is InChI=1S/C8H2F14/c9-1-2(10)4(13,14)6(17,18)8(21,22)7(19,20)5(15,16)3(1,11)12/h1-2H. The van der Waals surface area contributed by atoms with Gasteiger partial charge in [-0.05, 0) is 0 Å². The van der Waals surface area contributed by atoms with Crippen LogP contribution in [0.3, 0.4) is 0 Å². The highest BCUT2D eigenvalue weighted by molar-refractivity contribution is 5.18. The SMILES string of the molecule is FC1C(F)C(F)(F)C(F)(F)C(F)(F)C(F)(F)C(F)(F)C1(F)F. The molecule has 2 unspecified atom stereocenters. The van der Waals surface area contributed by atoms with Gasteiger partial charge in [0.15, 0.2) is 0 Å². The van der Waals surface area contributed by atoms with Crippen molar-refractivity contribution < 1.29 is 61.5 Å². The van der Waals surface area contributed by atoms with E-state index in [-0.39, 0.29) is 0 Å². The summed E-state index contributed by atoms with van der Waals surface area (Å²) in [5, 5.41) is 0. The third kappa shape index (κ3) is 1.71. The molecule has 0 N–H and O–H groups in total. The fraction of sp³-hybridized carbons (Fsp3) is 1.00. The summed E-state index contributed by atoms with van der Waals surface area (Å²) >= 11 is 0.